The lowest BCUT2D eigenvalue weighted by molar-refractivity contribution is -0.130. The van der Waals surface area contributed by atoms with Gasteiger partial charge >= 0.3 is 0 Å². The number of carbonyl (C=O) groups excluding carboxylic acids is 1. The van der Waals surface area contributed by atoms with Gasteiger partial charge in [0, 0.05) is 6.54 Å². The van der Waals surface area contributed by atoms with Gasteiger partial charge in [-0.15, -0.1) is 11.6 Å². The molecule has 2 nitrogen and oxygen atoms in total. The van der Waals surface area contributed by atoms with Crippen LogP contribution in [0.2, 0.25) is 0 Å². The molecule has 11 heavy (non-hydrogen) atoms. The van der Waals surface area contributed by atoms with Gasteiger partial charge in [-0.3, -0.25) is 4.79 Å². The highest BCUT2D eigenvalue weighted by Crippen LogP contribution is 2.12. The van der Waals surface area contributed by atoms with E-state index in [1.165, 1.54) is 4.90 Å². The summed E-state index contributed by atoms with van der Waals surface area (Å²) in [5, 5.41) is 0. The minimum Gasteiger partial charge on any atom is -0.339 e. The Balaban J connectivity index is 2.39. The van der Waals surface area contributed by atoms with Crippen molar-refractivity contribution in [2.75, 3.05) is 19.0 Å². The molecule has 1 fully saturated rings. The highest BCUT2D eigenvalue weighted by Gasteiger charge is 2.21. The minimum absolute atomic E-state index is 0.0350. The molecule has 4 heteroatoms. The van der Waals surface area contributed by atoms with Crippen molar-refractivity contribution in [2.45, 2.75) is 19.0 Å². The van der Waals surface area contributed by atoms with Gasteiger partial charge in [-0.05, 0) is 12.8 Å². The summed E-state index contributed by atoms with van der Waals surface area (Å²) in [7, 11) is 0. The van der Waals surface area contributed by atoms with Gasteiger partial charge in [0.2, 0.25) is 5.91 Å². The average Bonchev–Trinajstić information content (AvgIpc) is 2.03. The molecule has 1 saturated heterocycles. The summed E-state index contributed by atoms with van der Waals surface area (Å²) in [4.78, 5) is 12.4. The summed E-state index contributed by atoms with van der Waals surface area (Å²) < 4.78 is 12.7. The van der Waals surface area contributed by atoms with E-state index in [9.17, 15) is 9.18 Å². The van der Waals surface area contributed by atoms with Gasteiger partial charge in [-0.25, -0.2) is 4.39 Å². The number of rotatable bonds is 1. The van der Waals surface area contributed by atoms with Crippen molar-refractivity contribution >= 4 is 17.5 Å². The maximum absolute atomic E-state index is 12.7. The van der Waals surface area contributed by atoms with Crippen molar-refractivity contribution in [1.29, 1.82) is 0 Å². The van der Waals surface area contributed by atoms with Gasteiger partial charge in [0.15, 0.2) is 0 Å². The average molecular weight is 180 g/mol. The third-order valence-corrected chi connectivity index (χ3v) is 2.06. The first-order valence-corrected chi connectivity index (χ1v) is 4.25. The topological polar surface area (TPSA) is 20.3 Å². The number of hydrogen-bond donors (Lipinski definition) is 0. The van der Waals surface area contributed by atoms with E-state index in [0.717, 1.165) is 6.42 Å². The van der Waals surface area contributed by atoms with E-state index in [1.807, 2.05) is 0 Å². The number of hydrogen-bond acceptors (Lipinski definition) is 1. The van der Waals surface area contributed by atoms with E-state index in [0.29, 0.717) is 13.0 Å². The summed E-state index contributed by atoms with van der Waals surface area (Å²) in [6.07, 6.45) is 0.478. The van der Waals surface area contributed by atoms with Crippen LogP contribution in [0.3, 0.4) is 0 Å². The fourth-order valence-corrected chi connectivity index (χ4v) is 1.41. The SMILES string of the molecule is O=C(CCl)N1CCC[C@@H](F)C1. The molecular weight excluding hydrogens is 169 g/mol. The summed E-state index contributed by atoms with van der Waals surface area (Å²) in [5.74, 6) is -0.193. The number of halogens is 2. The third kappa shape index (κ3) is 2.33. The molecule has 0 bridgehead atoms. The van der Waals surface area contributed by atoms with Crippen molar-refractivity contribution in [2.24, 2.45) is 0 Å². The van der Waals surface area contributed by atoms with Crippen LogP contribution in [0.25, 0.3) is 0 Å². The smallest absolute Gasteiger partial charge is 0.237 e. The Bertz CT molecular complexity index is 153. The van der Waals surface area contributed by atoms with Crippen LogP contribution in [0.5, 0.6) is 0 Å². The second kappa shape index (κ2) is 3.90. The van der Waals surface area contributed by atoms with Crippen molar-refractivity contribution in [3.8, 4) is 0 Å². The fraction of sp³-hybridized carbons (Fsp3) is 0.857. The second-order valence-corrected chi connectivity index (χ2v) is 2.98. The Kier molecular flexibility index (Phi) is 3.12. The quantitative estimate of drug-likeness (QED) is 0.554. The first-order valence-electron chi connectivity index (χ1n) is 3.72. The highest BCUT2D eigenvalue weighted by atomic mass is 35.5. The maximum atomic E-state index is 12.7. The van der Waals surface area contributed by atoms with E-state index in [1.54, 1.807) is 0 Å². The normalized spacial score (nSPS) is 25.3. The van der Waals surface area contributed by atoms with Crippen LogP contribution in [0.1, 0.15) is 12.8 Å². The van der Waals surface area contributed by atoms with Gasteiger partial charge < -0.3 is 4.90 Å². The van der Waals surface area contributed by atoms with E-state index in [2.05, 4.69) is 0 Å². The number of nitrogens with zero attached hydrogens (tertiary/aromatic N) is 1. The van der Waals surface area contributed by atoms with Crippen LogP contribution in [0, 0.1) is 0 Å². The molecule has 0 saturated carbocycles. The van der Waals surface area contributed by atoms with Gasteiger partial charge in [-0.1, -0.05) is 0 Å². The van der Waals surface area contributed by atoms with E-state index in [4.69, 9.17) is 11.6 Å². The molecule has 0 aromatic carbocycles. The maximum Gasteiger partial charge on any atom is 0.237 e. The molecule has 0 aromatic heterocycles. The van der Waals surface area contributed by atoms with Crippen LogP contribution in [0.4, 0.5) is 4.39 Å². The van der Waals surface area contributed by atoms with E-state index >= 15 is 0 Å². The van der Waals surface area contributed by atoms with Crippen LogP contribution >= 0.6 is 11.6 Å². The van der Waals surface area contributed by atoms with E-state index < -0.39 is 6.17 Å². The molecule has 64 valence electrons. The molecule has 1 amide bonds. The molecule has 1 aliphatic heterocycles. The van der Waals surface area contributed by atoms with Crippen molar-refractivity contribution in [3.63, 3.8) is 0 Å². The van der Waals surface area contributed by atoms with Gasteiger partial charge in [0.05, 0.1) is 6.54 Å². The molecule has 0 aliphatic carbocycles. The summed E-state index contributed by atoms with van der Waals surface area (Å²) in [6, 6.07) is 0. The standard InChI is InChI=1S/C7H11ClFNO/c8-4-7(11)10-3-1-2-6(9)5-10/h6H,1-5H2/t6-/m1/s1. The molecule has 1 rings (SSSR count). The number of likely N-dealkylation sites (tertiary alicyclic amines) is 1. The summed E-state index contributed by atoms with van der Waals surface area (Å²) in [6.45, 7) is 0.886. The highest BCUT2D eigenvalue weighted by molar-refractivity contribution is 6.27. The van der Waals surface area contributed by atoms with Gasteiger partial charge in [-0.2, -0.15) is 0 Å². The first kappa shape index (κ1) is 8.78. The zero-order valence-corrected chi connectivity index (χ0v) is 6.98. The lowest BCUT2D eigenvalue weighted by Gasteiger charge is -2.28. The Morgan fingerprint density at radius 1 is 1.73 bits per heavy atom. The third-order valence-electron chi connectivity index (χ3n) is 1.83. The van der Waals surface area contributed by atoms with Crippen molar-refractivity contribution < 1.29 is 9.18 Å². The monoisotopic (exact) mass is 179 g/mol. The zero-order valence-electron chi connectivity index (χ0n) is 6.22. The molecule has 0 unspecified atom stereocenters. The number of carbonyl (C=O) groups is 1. The summed E-state index contributed by atoms with van der Waals surface area (Å²) >= 11 is 5.32. The Morgan fingerprint density at radius 3 is 3.00 bits per heavy atom. The summed E-state index contributed by atoms with van der Waals surface area (Å²) in [5.41, 5.74) is 0. The lowest BCUT2D eigenvalue weighted by atomic mass is 10.1. The lowest BCUT2D eigenvalue weighted by Crippen LogP contribution is -2.41. The Labute approximate surface area is 70.3 Å². The number of alkyl halides is 2. The molecular formula is C7H11ClFNO. The molecule has 0 radical (unpaired) electrons. The van der Waals surface area contributed by atoms with Crippen LogP contribution in [-0.2, 0) is 4.79 Å². The van der Waals surface area contributed by atoms with Crippen molar-refractivity contribution in [3.05, 3.63) is 0 Å². The zero-order chi connectivity index (χ0) is 8.27. The van der Waals surface area contributed by atoms with Gasteiger partial charge in [0.25, 0.3) is 0 Å². The minimum atomic E-state index is -0.851. The number of amides is 1. The van der Waals surface area contributed by atoms with Crippen LogP contribution in [0.15, 0.2) is 0 Å². The predicted molar refractivity (Wildman–Crippen MR) is 41.4 cm³/mol. The van der Waals surface area contributed by atoms with Crippen LogP contribution < -0.4 is 0 Å². The largest absolute Gasteiger partial charge is 0.339 e. The molecule has 1 aliphatic rings. The molecule has 0 aromatic rings. The fourth-order valence-electron chi connectivity index (χ4n) is 1.24. The second-order valence-electron chi connectivity index (χ2n) is 2.71. The Morgan fingerprint density at radius 2 is 2.45 bits per heavy atom. The van der Waals surface area contributed by atoms with Crippen LogP contribution in [-0.4, -0.2) is 35.9 Å². The van der Waals surface area contributed by atoms with Gasteiger partial charge in [0.1, 0.15) is 12.1 Å². The Hall–Kier alpha value is -0.310. The van der Waals surface area contributed by atoms with E-state index in [-0.39, 0.29) is 18.3 Å². The predicted octanol–water partition coefficient (Wildman–Crippen LogP) is 1.19. The number of piperidine rings is 1. The molecule has 1 heterocycles. The molecule has 1 atom stereocenters. The van der Waals surface area contributed by atoms with Crippen molar-refractivity contribution in [1.82, 2.24) is 4.90 Å². The molecule has 0 spiro atoms. The molecule has 0 N–H and O–H groups in total. The first-order chi connectivity index (χ1) is 5.24.